The van der Waals surface area contributed by atoms with Gasteiger partial charge in [-0.25, -0.2) is 8.42 Å². The fourth-order valence-electron chi connectivity index (χ4n) is 2.99. The van der Waals surface area contributed by atoms with Crippen molar-refractivity contribution in [2.75, 3.05) is 24.8 Å². The van der Waals surface area contributed by atoms with E-state index in [-0.39, 0.29) is 36.7 Å². The van der Waals surface area contributed by atoms with Crippen molar-refractivity contribution < 1.29 is 22.7 Å². The first-order valence-electron chi connectivity index (χ1n) is 7.37. The quantitative estimate of drug-likeness (QED) is 0.825. The molecule has 7 heteroatoms. The maximum absolute atomic E-state index is 12.5. The van der Waals surface area contributed by atoms with Crippen molar-refractivity contribution in [3.63, 3.8) is 0 Å². The van der Waals surface area contributed by atoms with Gasteiger partial charge in [-0.05, 0) is 31.0 Å². The van der Waals surface area contributed by atoms with E-state index in [2.05, 4.69) is 0 Å². The Kier molecular flexibility index (Phi) is 3.99. The van der Waals surface area contributed by atoms with Crippen LogP contribution in [0.1, 0.15) is 18.9 Å². The average Bonchev–Trinajstić information content (AvgIpc) is 3.05. The SMILES string of the molecule is CCN(C(=O)Cc1ccc2c(c1)OCO2)C1CCS(=O)(=O)C1. The predicted octanol–water partition coefficient (Wildman–Crippen LogP) is 0.993. The van der Waals surface area contributed by atoms with Crippen LogP contribution >= 0.6 is 0 Å². The van der Waals surface area contributed by atoms with Gasteiger partial charge in [-0.3, -0.25) is 4.79 Å². The molecule has 3 rings (SSSR count). The Morgan fingerprint density at radius 2 is 2.09 bits per heavy atom. The van der Waals surface area contributed by atoms with Crippen LogP contribution in [0.3, 0.4) is 0 Å². The second-order valence-corrected chi connectivity index (χ2v) is 7.83. The van der Waals surface area contributed by atoms with Crippen molar-refractivity contribution in [2.24, 2.45) is 0 Å². The van der Waals surface area contributed by atoms with E-state index in [9.17, 15) is 13.2 Å². The Morgan fingerprint density at radius 1 is 1.32 bits per heavy atom. The first-order valence-corrected chi connectivity index (χ1v) is 9.19. The van der Waals surface area contributed by atoms with Crippen LogP contribution < -0.4 is 9.47 Å². The molecular weight excluding hydrogens is 306 g/mol. The summed E-state index contributed by atoms with van der Waals surface area (Å²) in [5, 5.41) is 0. The molecule has 6 nitrogen and oxygen atoms in total. The van der Waals surface area contributed by atoms with Gasteiger partial charge in [-0.2, -0.15) is 0 Å². The summed E-state index contributed by atoms with van der Waals surface area (Å²) in [6, 6.07) is 5.24. The third kappa shape index (κ3) is 3.04. The Labute approximate surface area is 129 Å². The molecule has 0 spiro atoms. The zero-order valence-electron chi connectivity index (χ0n) is 12.4. The van der Waals surface area contributed by atoms with Crippen LogP contribution in [0, 0.1) is 0 Å². The van der Waals surface area contributed by atoms with Gasteiger partial charge in [0.1, 0.15) is 0 Å². The van der Waals surface area contributed by atoms with E-state index in [0.29, 0.717) is 24.5 Å². The summed E-state index contributed by atoms with van der Waals surface area (Å²) in [4.78, 5) is 14.2. The first kappa shape index (κ1) is 15.1. The molecule has 1 unspecified atom stereocenters. The normalized spacial score (nSPS) is 21.8. The zero-order valence-corrected chi connectivity index (χ0v) is 13.3. The minimum atomic E-state index is -3.00. The lowest BCUT2D eigenvalue weighted by molar-refractivity contribution is -0.132. The fraction of sp³-hybridized carbons (Fsp3) is 0.533. The summed E-state index contributed by atoms with van der Waals surface area (Å²) in [5.41, 5.74) is 0.841. The van der Waals surface area contributed by atoms with E-state index >= 15 is 0 Å². The van der Waals surface area contributed by atoms with Gasteiger partial charge in [-0.15, -0.1) is 0 Å². The molecular formula is C15H19NO5S. The van der Waals surface area contributed by atoms with Crippen molar-refractivity contribution in [3.8, 4) is 11.5 Å². The lowest BCUT2D eigenvalue weighted by Gasteiger charge is -2.27. The lowest BCUT2D eigenvalue weighted by Crippen LogP contribution is -2.41. The number of amides is 1. The number of carbonyl (C=O) groups is 1. The molecule has 2 aliphatic rings. The standard InChI is InChI=1S/C15H19NO5S/c1-2-16(12-5-6-22(18,19)9-12)15(17)8-11-3-4-13-14(7-11)21-10-20-13/h3-4,7,12H,2,5-6,8-10H2,1H3. The molecule has 1 aromatic carbocycles. The van der Waals surface area contributed by atoms with Crippen molar-refractivity contribution in [3.05, 3.63) is 23.8 Å². The van der Waals surface area contributed by atoms with E-state index in [0.717, 1.165) is 5.56 Å². The van der Waals surface area contributed by atoms with Gasteiger partial charge in [0, 0.05) is 12.6 Å². The Hall–Kier alpha value is -1.76. The van der Waals surface area contributed by atoms with Gasteiger partial charge < -0.3 is 14.4 Å². The molecule has 2 aliphatic heterocycles. The zero-order chi connectivity index (χ0) is 15.7. The Balaban J connectivity index is 1.70. The van der Waals surface area contributed by atoms with Crippen LogP contribution in [-0.4, -0.2) is 50.1 Å². The van der Waals surface area contributed by atoms with Gasteiger partial charge in [-0.1, -0.05) is 6.07 Å². The smallest absolute Gasteiger partial charge is 0.231 e. The predicted molar refractivity (Wildman–Crippen MR) is 80.7 cm³/mol. The topological polar surface area (TPSA) is 72.9 Å². The lowest BCUT2D eigenvalue weighted by atomic mass is 10.1. The first-order chi connectivity index (χ1) is 10.5. The molecule has 120 valence electrons. The highest BCUT2D eigenvalue weighted by molar-refractivity contribution is 7.91. The summed E-state index contributed by atoms with van der Waals surface area (Å²) in [7, 11) is -3.00. The fourth-order valence-corrected chi connectivity index (χ4v) is 4.72. The maximum Gasteiger partial charge on any atom is 0.231 e. The Morgan fingerprint density at radius 3 is 2.77 bits per heavy atom. The largest absolute Gasteiger partial charge is 0.454 e. The second kappa shape index (κ2) is 5.79. The van der Waals surface area contributed by atoms with E-state index in [1.165, 1.54) is 0 Å². The number of fused-ring (bicyclic) bond motifs is 1. The summed E-state index contributed by atoms with van der Waals surface area (Å²) in [5.74, 6) is 1.53. The number of hydrogen-bond acceptors (Lipinski definition) is 5. The van der Waals surface area contributed by atoms with Crippen LogP contribution in [0.4, 0.5) is 0 Å². The number of carbonyl (C=O) groups excluding carboxylic acids is 1. The minimum Gasteiger partial charge on any atom is -0.454 e. The van der Waals surface area contributed by atoms with Crippen LogP contribution in [-0.2, 0) is 21.1 Å². The van der Waals surface area contributed by atoms with E-state index in [1.807, 2.05) is 13.0 Å². The third-order valence-corrected chi connectivity index (χ3v) is 5.85. The molecule has 0 aliphatic carbocycles. The molecule has 0 saturated carbocycles. The van der Waals surface area contributed by atoms with Crippen molar-refractivity contribution in [2.45, 2.75) is 25.8 Å². The summed E-state index contributed by atoms with van der Waals surface area (Å²) in [6.45, 7) is 2.60. The van der Waals surface area contributed by atoms with Crippen molar-refractivity contribution >= 4 is 15.7 Å². The minimum absolute atomic E-state index is 0.0523. The molecule has 1 saturated heterocycles. The van der Waals surface area contributed by atoms with Crippen LogP contribution in [0.25, 0.3) is 0 Å². The van der Waals surface area contributed by atoms with Gasteiger partial charge in [0.05, 0.1) is 17.9 Å². The average molecular weight is 325 g/mol. The van der Waals surface area contributed by atoms with Gasteiger partial charge in [0.2, 0.25) is 12.7 Å². The third-order valence-electron chi connectivity index (χ3n) is 4.10. The number of nitrogens with zero attached hydrogens (tertiary/aromatic N) is 1. The summed E-state index contributed by atoms with van der Waals surface area (Å²) >= 11 is 0. The molecule has 0 aromatic heterocycles. The van der Waals surface area contributed by atoms with Crippen molar-refractivity contribution in [1.82, 2.24) is 4.90 Å². The van der Waals surface area contributed by atoms with Crippen LogP contribution in [0.2, 0.25) is 0 Å². The molecule has 2 heterocycles. The van der Waals surface area contributed by atoms with Crippen LogP contribution in [0.5, 0.6) is 11.5 Å². The number of rotatable bonds is 4. The number of likely N-dealkylation sites (N-methyl/N-ethyl adjacent to an activating group) is 1. The number of hydrogen-bond donors (Lipinski definition) is 0. The molecule has 0 radical (unpaired) electrons. The van der Waals surface area contributed by atoms with E-state index in [4.69, 9.17) is 9.47 Å². The van der Waals surface area contributed by atoms with Gasteiger partial charge in [0.25, 0.3) is 0 Å². The number of ether oxygens (including phenoxy) is 2. The monoisotopic (exact) mass is 325 g/mol. The number of benzene rings is 1. The summed E-state index contributed by atoms with van der Waals surface area (Å²) < 4.78 is 33.8. The van der Waals surface area contributed by atoms with Gasteiger partial charge in [0.15, 0.2) is 21.3 Å². The highest BCUT2D eigenvalue weighted by Gasteiger charge is 2.33. The highest BCUT2D eigenvalue weighted by atomic mass is 32.2. The van der Waals surface area contributed by atoms with E-state index in [1.54, 1.807) is 17.0 Å². The second-order valence-electron chi connectivity index (χ2n) is 5.60. The molecule has 1 amide bonds. The molecule has 1 aromatic rings. The maximum atomic E-state index is 12.5. The molecule has 1 fully saturated rings. The Bertz CT molecular complexity index is 685. The molecule has 0 bridgehead atoms. The van der Waals surface area contributed by atoms with Crippen molar-refractivity contribution in [1.29, 1.82) is 0 Å². The highest BCUT2D eigenvalue weighted by Crippen LogP contribution is 2.32. The van der Waals surface area contributed by atoms with Gasteiger partial charge >= 0.3 is 0 Å². The summed E-state index contributed by atoms with van der Waals surface area (Å²) in [6.07, 6.45) is 0.768. The van der Waals surface area contributed by atoms with Crippen LogP contribution in [0.15, 0.2) is 18.2 Å². The molecule has 1 atom stereocenters. The molecule has 22 heavy (non-hydrogen) atoms. The number of sulfone groups is 1. The molecule has 0 N–H and O–H groups in total. The van der Waals surface area contributed by atoms with E-state index < -0.39 is 9.84 Å².